The molecule has 1 unspecified atom stereocenters. The Labute approximate surface area is 82.8 Å². The lowest BCUT2D eigenvalue weighted by Gasteiger charge is -2.26. The number of nitrogens with zero attached hydrogens (tertiary/aromatic N) is 2. The molecule has 0 saturated carbocycles. The molecule has 2 rings (SSSR count). The molecule has 15 heavy (non-hydrogen) atoms. The van der Waals surface area contributed by atoms with E-state index in [0.717, 1.165) is 0 Å². The van der Waals surface area contributed by atoms with Gasteiger partial charge in [-0.2, -0.15) is 18.2 Å². The molecule has 1 saturated heterocycles. The summed E-state index contributed by atoms with van der Waals surface area (Å²) in [6.07, 6.45) is -4.53. The van der Waals surface area contributed by atoms with Crippen LogP contribution in [0.1, 0.15) is 12.3 Å². The first-order valence-corrected chi connectivity index (χ1v) is 4.33. The van der Waals surface area contributed by atoms with Crippen LogP contribution in [0.15, 0.2) is 4.52 Å². The van der Waals surface area contributed by atoms with Gasteiger partial charge in [0.05, 0.1) is 0 Å². The molecule has 0 amide bonds. The van der Waals surface area contributed by atoms with Gasteiger partial charge in [-0.3, -0.25) is 0 Å². The third kappa shape index (κ3) is 1.44. The van der Waals surface area contributed by atoms with Gasteiger partial charge in [0.1, 0.15) is 0 Å². The number of nitrogens with two attached hydrogens (primary N) is 1. The Morgan fingerprint density at radius 3 is 2.60 bits per heavy atom. The molecule has 1 fully saturated rings. The van der Waals surface area contributed by atoms with Crippen molar-refractivity contribution in [2.45, 2.75) is 18.0 Å². The zero-order valence-electron chi connectivity index (χ0n) is 7.64. The summed E-state index contributed by atoms with van der Waals surface area (Å²) in [5.41, 5.74) is 3.06. The highest BCUT2D eigenvalue weighted by atomic mass is 19.4. The first-order chi connectivity index (χ1) is 6.96. The predicted molar refractivity (Wildman–Crippen MR) is 43.9 cm³/mol. The van der Waals surface area contributed by atoms with Gasteiger partial charge in [0.2, 0.25) is 5.89 Å². The number of rotatable bonds is 1. The van der Waals surface area contributed by atoms with Crippen molar-refractivity contribution in [3.05, 3.63) is 5.89 Å². The molecule has 5 nitrogen and oxygen atoms in total. The molecule has 2 heterocycles. The van der Waals surface area contributed by atoms with Crippen LogP contribution in [-0.2, 0) is 5.41 Å². The van der Waals surface area contributed by atoms with Crippen molar-refractivity contribution in [2.75, 3.05) is 18.8 Å². The van der Waals surface area contributed by atoms with Crippen molar-refractivity contribution in [1.82, 2.24) is 15.5 Å². The van der Waals surface area contributed by atoms with Crippen molar-refractivity contribution in [3.8, 4) is 0 Å². The van der Waals surface area contributed by atoms with Crippen LogP contribution in [0.2, 0.25) is 0 Å². The van der Waals surface area contributed by atoms with Gasteiger partial charge in [-0.1, -0.05) is 0 Å². The molecule has 1 aliphatic rings. The van der Waals surface area contributed by atoms with Crippen molar-refractivity contribution in [1.29, 1.82) is 0 Å². The smallest absolute Gasteiger partial charge is 0.365 e. The van der Waals surface area contributed by atoms with E-state index in [1.807, 2.05) is 0 Å². The third-order valence-corrected chi connectivity index (χ3v) is 2.55. The van der Waals surface area contributed by atoms with Gasteiger partial charge in [0.15, 0.2) is 5.41 Å². The van der Waals surface area contributed by atoms with Crippen LogP contribution in [0, 0.1) is 0 Å². The van der Waals surface area contributed by atoms with Crippen LogP contribution in [0.5, 0.6) is 0 Å². The minimum atomic E-state index is -4.42. The summed E-state index contributed by atoms with van der Waals surface area (Å²) in [5.74, 6) is -0.738. The molecular weight excluding hydrogens is 213 g/mol. The van der Waals surface area contributed by atoms with E-state index in [1.165, 1.54) is 0 Å². The Bertz CT molecular complexity index is 355. The highest BCUT2D eigenvalue weighted by Gasteiger charge is 2.61. The van der Waals surface area contributed by atoms with Crippen LogP contribution >= 0.6 is 0 Å². The van der Waals surface area contributed by atoms with Gasteiger partial charge in [0, 0.05) is 6.54 Å². The van der Waals surface area contributed by atoms with E-state index in [-0.39, 0.29) is 25.5 Å². The van der Waals surface area contributed by atoms with Gasteiger partial charge < -0.3 is 15.6 Å². The third-order valence-electron chi connectivity index (χ3n) is 2.55. The van der Waals surface area contributed by atoms with E-state index < -0.39 is 17.5 Å². The number of aromatic nitrogens is 2. The molecule has 3 N–H and O–H groups in total. The lowest BCUT2D eigenvalue weighted by Crippen LogP contribution is -2.44. The summed E-state index contributed by atoms with van der Waals surface area (Å²) in [4.78, 5) is 3.47. The number of halogens is 3. The second-order valence-corrected chi connectivity index (χ2v) is 3.46. The van der Waals surface area contributed by atoms with E-state index >= 15 is 0 Å². The molecule has 84 valence electrons. The number of hydrogen-bond acceptors (Lipinski definition) is 5. The Balaban J connectivity index is 2.43. The highest BCUT2D eigenvalue weighted by molar-refractivity contribution is 5.20. The maximum absolute atomic E-state index is 12.9. The Morgan fingerprint density at radius 1 is 1.47 bits per heavy atom. The van der Waals surface area contributed by atoms with Gasteiger partial charge in [-0.15, -0.1) is 0 Å². The number of nitrogen functional groups attached to an aromatic ring is 1. The lowest BCUT2D eigenvalue weighted by molar-refractivity contribution is -0.191. The van der Waals surface area contributed by atoms with Crippen LogP contribution < -0.4 is 11.1 Å². The minimum absolute atomic E-state index is 0.113. The normalized spacial score (nSPS) is 27.1. The average molecular weight is 222 g/mol. The van der Waals surface area contributed by atoms with Crippen molar-refractivity contribution < 1.29 is 17.7 Å². The Morgan fingerprint density at radius 2 is 2.20 bits per heavy atom. The fourth-order valence-corrected chi connectivity index (χ4v) is 1.67. The molecule has 1 aliphatic heterocycles. The topological polar surface area (TPSA) is 77.0 Å². The van der Waals surface area contributed by atoms with E-state index in [1.54, 1.807) is 0 Å². The van der Waals surface area contributed by atoms with Crippen LogP contribution in [0.4, 0.5) is 19.1 Å². The molecule has 1 aromatic heterocycles. The van der Waals surface area contributed by atoms with Crippen LogP contribution in [0.3, 0.4) is 0 Å². The zero-order valence-corrected chi connectivity index (χ0v) is 7.64. The molecule has 0 aliphatic carbocycles. The fraction of sp³-hybridized carbons (Fsp3) is 0.714. The van der Waals surface area contributed by atoms with E-state index in [9.17, 15) is 13.2 Å². The summed E-state index contributed by atoms with van der Waals surface area (Å²) in [6, 6.07) is 0. The van der Waals surface area contributed by atoms with Crippen molar-refractivity contribution in [2.24, 2.45) is 0 Å². The van der Waals surface area contributed by atoms with Crippen molar-refractivity contribution >= 4 is 5.95 Å². The second-order valence-electron chi connectivity index (χ2n) is 3.46. The molecule has 0 aromatic carbocycles. The van der Waals surface area contributed by atoms with Gasteiger partial charge in [-0.25, -0.2) is 0 Å². The monoisotopic (exact) mass is 222 g/mol. The fourth-order valence-electron chi connectivity index (χ4n) is 1.67. The predicted octanol–water partition coefficient (Wildman–Crippen LogP) is 0.445. The Hall–Kier alpha value is -1.31. The zero-order chi connectivity index (χ0) is 11.1. The maximum Gasteiger partial charge on any atom is 0.404 e. The van der Waals surface area contributed by atoms with Crippen LogP contribution in [-0.4, -0.2) is 29.4 Å². The van der Waals surface area contributed by atoms with Gasteiger partial charge in [0.25, 0.3) is 5.95 Å². The number of alkyl halides is 3. The van der Waals surface area contributed by atoms with Gasteiger partial charge >= 0.3 is 6.18 Å². The first kappa shape index (κ1) is 10.2. The SMILES string of the molecule is Nc1noc(C2(C(F)(F)F)CCNC2)n1. The van der Waals surface area contributed by atoms with E-state index in [4.69, 9.17) is 5.73 Å². The second kappa shape index (κ2) is 3.09. The van der Waals surface area contributed by atoms with E-state index in [2.05, 4.69) is 20.0 Å². The van der Waals surface area contributed by atoms with E-state index in [0.29, 0.717) is 0 Å². The molecule has 0 radical (unpaired) electrons. The molecule has 0 bridgehead atoms. The summed E-state index contributed by atoms with van der Waals surface area (Å²) in [5, 5.41) is 5.82. The quantitative estimate of drug-likeness (QED) is 0.721. The summed E-state index contributed by atoms with van der Waals surface area (Å²) in [6.45, 7) is 0.0138. The lowest BCUT2D eigenvalue weighted by atomic mass is 9.86. The molecule has 0 spiro atoms. The minimum Gasteiger partial charge on any atom is -0.365 e. The molecular formula is C7H9F3N4O. The summed E-state index contributed by atoms with van der Waals surface area (Å²) < 4.78 is 43.2. The van der Waals surface area contributed by atoms with Crippen molar-refractivity contribution in [3.63, 3.8) is 0 Å². The largest absolute Gasteiger partial charge is 0.404 e. The molecule has 8 heteroatoms. The average Bonchev–Trinajstić information content (AvgIpc) is 2.69. The standard InChI is InChI=1S/C7H9F3N4O/c8-7(9,10)6(1-2-12-3-6)4-13-5(11)14-15-4/h12H,1-3H2,(H2,11,14). The summed E-state index contributed by atoms with van der Waals surface area (Å²) >= 11 is 0. The number of anilines is 1. The molecule has 1 aromatic rings. The number of nitrogens with one attached hydrogen (secondary N) is 1. The van der Waals surface area contributed by atoms with Crippen LogP contribution in [0.25, 0.3) is 0 Å². The maximum atomic E-state index is 12.9. The number of hydrogen-bond donors (Lipinski definition) is 2. The highest BCUT2D eigenvalue weighted by Crippen LogP contribution is 2.44. The summed E-state index contributed by atoms with van der Waals surface area (Å²) in [7, 11) is 0. The Kier molecular flexibility index (Phi) is 2.10. The first-order valence-electron chi connectivity index (χ1n) is 4.33. The van der Waals surface area contributed by atoms with Gasteiger partial charge in [-0.05, 0) is 18.1 Å². The molecule has 1 atom stereocenters.